The predicted octanol–water partition coefficient (Wildman–Crippen LogP) is 2.27. The predicted molar refractivity (Wildman–Crippen MR) is 92.8 cm³/mol. The SMILES string of the molecule is C[C@@H](NC(=O)Cn1cc([N+](=O)[O-])cc(C#N)c1=O)c1ccc(Br)cc1. The second-order valence-corrected chi connectivity index (χ2v) is 6.17. The van der Waals surface area contributed by atoms with Gasteiger partial charge in [-0.15, -0.1) is 0 Å². The largest absolute Gasteiger partial charge is 0.348 e. The first-order valence-corrected chi connectivity index (χ1v) is 7.95. The number of rotatable bonds is 5. The number of nitriles is 1. The van der Waals surface area contributed by atoms with E-state index in [0.29, 0.717) is 0 Å². The topological polar surface area (TPSA) is 118 Å². The molecule has 2 aromatic rings. The molecule has 128 valence electrons. The molecule has 0 saturated carbocycles. The zero-order valence-corrected chi connectivity index (χ0v) is 14.7. The highest BCUT2D eigenvalue weighted by molar-refractivity contribution is 9.10. The Morgan fingerprint density at radius 1 is 1.44 bits per heavy atom. The number of nitrogens with one attached hydrogen (secondary N) is 1. The number of carbonyl (C=O) groups is 1. The van der Waals surface area contributed by atoms with Crippen LogP contribution in [0.1, 0.15) is 24.1 Å². The summed E-state index contributed by atoms with van der Waals surface area (Å²) in [6.07, 6.45) is 0.951. The molecular formula is C16H13BrN4O4. The number of amides is 1. The van der Waals surface area contributed by atoms with E-state index in [1.807, 2.05) is 24.3 Å². The maximum atomic E-state index is 12.2. The third-order valence-electron chi connectivity index (χ3n) is 3.46. The molecule has 2 rings (SSSR count). The summed E-state index contributed by atoms with van der Waals surface area (Å²) in [5.41, 5.74) is -0.701. The molecule has 0 saturated heterocycles. The molecule has 1 aromatic heterocycles. The number of nitrogens with zero attached hydrogens (tertiary/aromatic N) is 3. The summed E-state index contributed by atoms with van der Waals surface area (Å²) in [5, 5.41) is 22.5. The Balaban J connectivity index is 2.19. The third-order valence-corrected chi connectivity index (χ3v) is 3.99. The highest BCUT2D eigenvalue weighted by Crippen LogP contribution is 2.16. The van der Waals surface area contributed by atoms with Crippen molar-refractivity contribution in [3.63, 3.8) is 0 Å². The Labute approximate surface area is 151 Å². The molecule has 0 radical (unpaired) electrons. The number of halogens is 1. The average molecular weight is 405 g/mol. The summed E-state index contributed by atoms with van der Waals surface area (Å²) in [6, 6.07) is 9.52. The van der Waals surface area contributed by atoms with E-state index >= 15 is 0 Å². The minimum Gasteiger partial charge on any atom is -0.348 e. The normalized spacial score (nSPS) is 11.4. The van der Waals surface area contributed by atoms with E-state index < -0.39 is 28.6 Å². The highest BCUT2D eigenvalue weighted by Gasteiger charge is 2.16. The summed E-state index contributed by atoms with van der Waals surface area (Å²) in [4.78, 5) is 34.4. The molecule has 0 aliphatic carbocycles. The molecule has 25 heavy (non-hydrogen) atoms. The summed E-state index contributed by atoms with van der Waals surface area (Å²) < 4.78 is 1.77. The Kier molecular flexibility index (Phi) is 5.67. The van der Waals surface area contributed by atoms with Crippen LogP contribution in [0.4, 0.5) is 5.69 Å². The second-order valence-electron chi connectivity index (χ2n) is 5.25. The molecule has 1 amide bonds. The summed E-state index contributed by atoms with van der Waals surface area (Å²) in [5.74, 6) is -0.498. The zero-order valence-electron chi connectivity index (χ0n) is 13.1. The van der Waals surface area contributed by atoms with Gasteiger partial charge in [-0.05, 0) is 24.6 Å². The van der Waals surface area contributed by atoms with Gasteiger partial charge in [0.1, 0.15) is 18.2 Å². The van der Waals surface area contributed by atoms with Crippen LogP contribution in [0.5, 0.6) is 0 Å². The van der Waals surface area contributed by atoms with Gasteiger partial charge >= 0.3 is 0 Å². The van der Waals surface area contributed by atoms with Crippen molar-refractivity contribution in [1.82, 2.24) is 9.88 Å². The average Bonchev–Trinajstić information content (AvgIpc) is 2.56. The molecule has 0 fully saturated rings. The van der Waals surface area contributed by atoms with Crippen molar-refractivity contribution in [1.29, 1.82) is 5.26 Å². The van der Waals surface area contributed by atoms with E-state index in [1.165, 1.54) is 0 Å². The molecule has 9 heteroatoms. The first-order valence-electron chi connectivity index (χ1n) is 7.15. The fourth-order valence-electron chi connectivity index (χ4n) is 2.19. The molecule has 0 aliphatic rings. The summed E-state index contributed by atoms with van der Waals surface area (Å²) >= 11 is 3.32. The van der Waals surface area contributed by atoms with Gasteiger partial charge in [0.05, 0.1) is 17.2 Å². The van der Waals surface area contributed by atoms with Crippen molar-refractivity contribution in [2.75, 3.05) is 0 Å². The fraction of sp³-hybridized carbons (Fsp3) is 0.188. The van der Waals surface area contributed by atoms with Crippen LogP contribution >= 0.6 is 15.9 Å². The molecule has 1 heterocycles. The van der Waals surface area contributed by atoms with Crippen molar-refractivity contribution in [3.05, 3.63) is 72.6 Å². The van der Waals surface area contributed by atoms with E-state index in [2.05, 4.69) is 21.2 Å². The van der Waals surface area contributed by atoms with E-state index in [0.717, 1.165) is 26.9 Å². The van der Waals surface area contributed by atoms with Gasteiger partial charge in [0.25, 0.3) is 11.2 Å². The van der Waals surface area contributed by atoms with Crippen LogP contribution in [0, 0.1) is 21.4 Å². The quantitative estimate of drug-likeness (QED) is 0.605. The van der Waals surface area contributed by atoms with Crippen molar-refractivity contribution >= 4 is 27.5 Å². The van der Waals surface area contributed by atoms with Gasteiger partial charge in [0.15, 0.2) is 0 Å². The van der Waals surface area contributed by atoms with Crippen molar-refractivity contribution in [3.8, 4) is 6.07 Å². The molecule has 0 aliphatic heterocycles. The van der Waals surface area contributed by atoms with Crippen LogP contribution in [-0.4, -0.2) is 15.4 Å². The first-order chi connectivity index (χ1) is 11.8. The van der Waals surface area contributed by atoms with Gasteiger partial charge in [0.2, 0.25) is 5.91 Å². The van der Waals surface area contributed by atoms with E-state index in [-0.39, 0.29) is 11.6 Å². The van der Waals surface area contributed by atoms with Crippen LogP contribution < -0.4 is 10.9 Å². The Morgan fingerprint density at radius 3 is 2.64 bits per heavy atom. The van der Waals surface area contributed by atoms with Crippen molar-refractivity contribution < 1.29 is 9.72 Å². The van der Waals surface area contributed by atoms with Gasteiger partial charge < -0.3 is 5.32 Å². The molecule has 1 aromatic carbocycles. The highest BCUT2D eigenvalue weighted by atomic mass is 79.9. The lowest BCUT2D eigenvalue weighted by atomic mass is 10.1. The maximum Gasteiger partial charge on any atom is 0.287 e. The maximum absolute atomic E-state index is 12.2. The van der Waals surface area contributed by atoms with Gasteiger partial charge in [-0.25, -0.2) is 0 Å². The minimum absolute atomic E-state index is 0.314. The molecule has 0 bridgehead atoms. The fourth-order valence-corrected chi connectivity index (χ4v) is 2.46. The van der Waals surface area contributed by atoms with Gasteiger partial charge in [-0.3, -0.25) is 24.3 Å². The monoisotopic (exact) mass is 404 g/mol. The van der Waals surface area contributed by atoms with Gasteiger partial charge in [-0.2, -0.15) is 5.26 Å². The lowest BCUT2D eigenvalue weighted by molar-refractivity contribution is -0.385. The van der Waals surface area contributed by atoms with Crippen LogP contribution in [0.2, 0.25) is 0 Å². The smallest absolute Gasteiger partial charge is 0.287 e. The molecule has 0 unspecified atom stereocenters. The van der Waals surface area contributed by atoms with Crippen LogP contribution in [0.25, 0.3) is 0 Å². The zero-order chi connectivity index (χ0) is 18.6. The summed E-state index contributed by atoms with van der Waals surface area (Å²) in [7, 11) is 0. The lowest BCUT2D eigenvalue weighted by Crippen LogP contribution is -2.34. The Morgan fingerprint density at radius 2 is 2.08 bits per heavy atom. The Hall–Kier alpha value is -2.99. The van der Waals surface area contributed by atoms with Gasteiger partial charge in [-0.1, -0.05) is 28.1 Å². The van der Waals surface area contributed by atoms with Crippen LogP contribution in [0.15, 0.2) is 45.8 Å². The first kappa shape index (κ1) is 18.4. The number of nitro groups is 1. The number of benzene rings is 1. The summed E-state index contributed by atoms with van der Waals surface area (Å²) in [6.45, 7) is 1.36. The van der Waals surface area contributed by atoms with Crippen molar-refractivity contribution in [2.24, 2.45) is 0 Å². The van der Waals surface area contributed by atoms with Crippen molar-refractivity contribution in [2.45, 2.75) is 19.5 Å². The molecule has 1 N–H and O–H groups in total. The Bertz CT molecular complexity index is 915. The number of carbonyl (C=O) groups excluding carboxylic acids is 1. The number of pyridine rings is 1. The number of hydrogen-bond acceptors (Lipinski definition) is 5. The van der Waals surface area contributed by atoms with E-state index in [1.54, 1.807) is 13.0 Å². The van der Waals surface area contributed by atoms with E-state index in [9.17, 15) is 19.7 Å². The molecule has 8 nitrogen and oxygen atoms in total. The number of hydrogen-bond donors (Lipinski definition) is 1. The molecule has 1 atom stereocenters. The van der Waals surface area contributed by atoms with Crippen LogP contribution in [-0.2, 0) is 11.3 Å². The van der Waals surface area contributed by atoms with Gasteiger partial charge in [0, 0.05) is 10.5 Å². The van der Waals surface area contributed by atoms with E-state index in [4.69, 9.17) is 5.26 Å². The number of aromatic nitrogens is 1. The second kappa shape index (κ2) is 7.72. The third kappa shape index (κ3) is 4.51. The standard InChI is InChI=1S/C16H13BrN4O4/c1-10(11-2-4-13(17)5-3-11)19-15(22)9-20-8-14(21(24)25)6-12(7-18)16(20)23/h2-6,8,10H,9H2,1H3,(H,19,22)/t10-/m1/s1. The lowest BCUT2D eigenvalue weighted by Gasteiger charge is -2.15. The molecular weight excluding hydrogens is 392 g/mol. The molecule has 0 spiro atoms. The minimum atomic E-state index is -0.750. The van der Waals surface area contributed by atoms with Crippen LogP contribution in [0.3, 0.4) is 0 Å².